The molecule has 0 spiro atoms. The van der Waals surface area contributed by atoms with E-state index >= 15 is 0 Å². The molecule has 0 aromatic carbocycles. The van der Waals surface area contributed by atoms with Crippen LogP contribution in [0, 0.1) is 0 Å². The number of hydrogen-bond donors (Lipinski definition) is 1. The number of aromatic nitrogens is 2. The topological polar surface area (TPSA) is 41.3 Å². The van der Waals surface area contributed by atoms with Gasteiger partial charge in [-0.2, -0.15) is 0 Å². The molecule has 1 fully saturated rings. The summed E-state index contributed by atoms with van der Waals surface area (Å²) in [7, 11) is 0. The van der Waals surface area contributed by atoms with Crippen molar-refractivity contribution in [2.45, 2.75) is 38.9 Å². The molecule has 4 nitrogen and oxygen atoms in total. The van der Waals surface area contributed by atoms with E-state index in [0.717, 1.165) is 26.1 Å². The molecule has 1 unspecified atom stereocenters. The van der Waals surface area contributed by atoms with Gasteiger partial charge < -0.3 is 9.67 Å². The van der Waals surface area contributed by atoms with Gasteiger partial charge in [0, 0.05) is 25.3 Å². The first-order valence-corrected chi connectivity index (χ1v) is 5.69. The van der Waals surface area contributed by atoms with Crippen molar-refractivity contribution in [2.24, 2.45) is 0 Å². The summed E-state index contributed by atoms with van der Waals surface area (Å²) >= 11 is 0. The monoisotopic (exact) mass is 209 g/mol. The van der Waals surface area contributed by atoms with Crippen LogP contribution in [-0.2, 0) is 13.1 Å². The summed E-state index contributed by atoms with van der Waals surface area (Å²) in [6.45, 7) is 5.38. The van der Waals surface area contributed by atoms with Crippen LogP contribution in [0.1, 0.15) is 25.5 Å². The van der Waals surface area contributed by atoms with Gasteiger partial charge in [0.05, 0.1) is 18.6 Å². The smallest absolute Gasteiger partial charge is 0.0948 e. The van der Waals surface area contributed by atoms with Gasteiger partial charge in [-0.25, -0.2) is 4.98 Å². The van der Waals surface area contributed by atoms with Crippen LogP contribution in [0.3, 0.4) is 0 Å². The minimum atomic E-state index is 0.278. The van der Waals surface area contributed by atoms with Crippen molar-refractivity contribution in [3.8, 4) is 0 Å². The normalized spacial score (nSPS) is 22.4. The van der Waals surface area contributed by atoms with Crippen molar-refractivity contribution >= 4 is 0 Å². The zero-order chi connectivity index (χ0) is 10.7. The zero-order valence-corrected chi connectivity index (χ0v) is 9.26. The SMILES string of the molecule is CCn1cncc1CN1CCCC1CO. The van der Waals surface area contributed by atoms with E-state index in [1.807, 2.05) is 12.5 Å². The Balaban J connectivity index is 2.01. The van der Waals surface area contributed by atoms with Crippen molar-refractivity contribution in [3.05, 3.63) is 18.2 Å². The number of hydrogen-bond acceptors (Lipinski definition) is 3. The lowest BCUT2D eigenvalue weighted by molar-refractivity contribution is 0.151. The molecule has 1 N–H and O–H groups in total. The number of likely N-dealkylation sites (tertiary alicyclic amines) is 1. The molecule has 0 radical (unpaired) electrons. The number of aliphatic hydroxyl groups is 1. The summed E-state index contributed by atoms with van der Waals surface area (Å²) in [4.78, 5) is 6.51. The van der Waals surface area contributed by atoms with E-state index in [1.165, 1.54) is 12.1 Å². The molecule has 15 heavy (non-hydrogen) atoms. The summed E-state index contributed by atoms with van der Waals surface area (Å²) in [5.41, 5.74) is 1.25. The van der Waals surface area contributed by atoms with E-state index in [1.54, 1.807) is 0 Å². The Bertz CT molecular complexity index is 311. The molecule has 1 aliphatic rings. The highest BCUT2D eigenvalue weighted by molar-refractivity contribution is 4.99. The van der Waals surface area contributed by atoms with Gasteiger partial charge in [-0.05, 0) is 26.3 Å². The predicted molar refractivity (Wildman–Crippen MR) is 58.4 cm³/mol. The van der Waals surface area contributed by atoms with Gasteiger partial charge in [-0.15, -0.1) is 0 Å². The Labute approximate surface area is 90.5 Å². The van der Waals surface area contributed by atoms with Crippen LogP contribution in [0.2, 0.25) is 0 Å². The molecule has 1 saturated heterocycles. The molecule has 2 heterocycles. The quantitative estimate of drug-likeness (QED) is 0.799. The minimum absolute atomic E-state index is 0.278. The summed E-state index contributed by atoms with van der Waals surface area (Å²) in [6.07, 6.45) is 6.12. The molecule has 84 valence electrons. The second kappa shape index (κ2) is 4.77. The van der Waals surface area contributed by atoms with E-state index in [0.29, 0.717) is 6.04 Å². The second-order valence-electron chi connectivity index (χ2n) is 4.12. The van der Waals surface area contributed by atoms with E-state index in [2.05, 4.69) is 21.4 Å². The maximum atomic E-state index is 9.23. The summed E-state index contributed by atoms with van der Waals surface area (Å²) < 4.78 is 2.16. The number of rotatable bonds is 4. The molecule has 1 aromatic rings. The van der Waals surface area contributed by atoms with Crippen LogP contribution in [0.15, 0.2) is 12.5 Å². The molecule has 0 aliphatic carbocycles. The first-order chi connectivity index (χ1) is 7.35. The molecule has 2 rings (SSSR count). The lowest BCUT2D eigenvalue weighted by atomic mass is 10.2. The molecular weight excluding hydrogens is 190 g/mol. The van der Waals surface area contributed by atoms with Crippen molar-refractivity contribution < 1.29 is 5.11 Å². The molecule has 0 amide bonds. The van der Waals surface area contributed by atoms with E-state index in [4.69, 9.17) is 0 Å². The highest BCUT2D eigenvalue weighted by Gasteiger charge is 2.24. The lowest BCUT2D eigenvalue weighted by Gasteiger charge is -2.22. The fourth-order valence-corrected chi connectivity index (χ4v) is 2.28. The molecule has 1 atom stereocenters. The second-order valence-corrected chi connectivity index (χ2v) is 4.12. The van der Waals surface area contributed by atoms with Crippen LogP contribution >= 0.6 is 0 Å². The number of aliphatic hydroxyl groups excluding tert-OH is 1. The van der Waals surface area contributed by atoms with Gasteiger partial charge in [0.15, 0.2) is 0 Å². The van der Waals surface area contributed by atoms with E-state index < -0.39 is 0 Å². The third-order valence-electron chi connectivity index (χ3n) is 3.21. The predicted octanol–water partition coefficient (Wildman–Crippen LogP) is 0.860. The van der Waals surface area contributed by atoms with Crippen LogP contribution < -0.4 is 0 Å². The Morgan fingerprint density at radius 2 is 2.47 bits per heavy atom. The maximum Gasteiger partial charge on any atom is 0.0948 e. The van der Waals surface area contributed by atoms with Crippen molar-refractivity contribution in [3.63, 3.8) is 0 Å². The van der Waals surface area contributed by atoms with Crippen LogP contribution in [0.5, 0.6) is 0 Å². The zero-order valence-electron chi connectivity index (χ0n) is 9.26. The van der Waals surface area contributed by atoms with Gasteiger partial charge in [0.25, 0.3) is 0 Å². The molecule has 1 aromatic heterocycles. The van der Waals surface area contributed by atoms with Crippen LogP contribution in [-0.4, -0.2) is 38.8 Å². The number of nitrogens with zero attached hydrogens (tertiary/aromatic N) is 3. The van der Waals surface area contributed by atoms with Gasteiger partial charge in [0.1, 0.15) is 0 Å². The van der Waals surface area contributed by atoms with Crippen LogP contribution in [0.25, 0.3) is 0 Å². The molecular formula is C11H19N3O. The highest BCUT2D eigenvalue weighted by atomic mass is 16.3. The third-order valence-corrected chi connectivity index (χ3v) is 3.21. The van der Waals surface area contributed by atoms with Gasteiger partial charge >= 0.3 is 0 Å². The maximum absolute atomic E-state index is 9.23. The molecule has 0 saturated carbocycles. The van der Waals surface area contributed by atoms with Crippen molar-refractivity contribution in [1.82, 2.24) is 14.5 Å². The first kappa shape index (κ1) is 10.6. The third kappa shape index (κ3) is 2.21. The summed E-state index contributed by atoms with van der Waals surface area (Å²) in [5, 5.41) is 9.23. The average Bonchev–Trinajstić information content (AvgIpc) is 2.87. The molecule has 1 aliphatic heterocycles. The van der Waals surface area contributed by atoms with Crippen LogP contribution in [0.4, 0.5) is 0 Å². The van der Waals surface area contributed by atoms with Gasteiger partial charge in [0.2, 0.25) is 0 Å². The Morgan fingerprint density at radius 1 is 1.60 bits per heavy atom. The largest absolute Gasteiger partial charge is 0.395 e. The number of aryl methyl sites for hydroxylation is 1. The fraction of sp³-hybridized carbons (Fsp3) is 0.727. The van der Waals surface area contributed by atoms with Crippen molar-refractivity contribution in [1.29, 1.82) is 0 Å². The minimum Gasteiger partial charge on any atom is -0.395 e. The summed E-state index contributed by atoms with van der Waals surface area (Å²) in [6, 6.07) is 0.352. The highest BCUT2D eigenvalue weighted by Crippen LogP contribution is 2.19. The van der Waals surface area contributed by atoms with Gasteiger partial charge in [-0.3, -0.25) is 4.90 Å². The van der Waals surface area contributed by atoms with E-state index in [-0.39, 0.29) is 6.61 Å². The Hall–Kier alpha value is -0.870. The Kier molecular flexibility index (Phi) is 3.38. The van der Waals surface area contributed by atoms with Gasteiger partial charge in [-0.1, -0.05) is 0 Å². The standard InChI is InChI=1S/C11H19N3O/c1-2-13-9-12-6-11(13)7-14-5-3-4-10(14)8-15/h6,9-10,15H,2-5,7-8H2,1H3. The Morgan fingerprint density at radius 3 is 3.20 bits per heavy atom. The summed E-state index contributed by atoms with van der Waals surface area (Å²) in [5.74, 6) is 0. The number of imidazole rings is 1. The van der Waals surface area contributed by atoms with E-state index in [9.17, 15) is 5.11 Å². The molecule has 0 bridgehead atoms. The first-order valence-electron chi connectivity index (χ1n) is 5.69. The fourth-order valence-electron chi connectivity index (χ4n) is 2.28. The lowest BCUT2D eigenvalue weighted by Crippen LogP contribution is -2.32. The van der Waals surface area contributed by atoms with Crippen molar-refractivity contribution in [2.75, 3.05) is 13.2 Å². The molecule has 4 heteroatoms. The average molecular weight is 209 g/mol.